The summed E-state index contributed by atoms with van der Waals surface area (Å²) in [7, 11) is 2.07. The molecule has 2 bridgehead atoms. The Morgan fingerprint density at radius 1 is 1.14 bits per heavy atom. The van der Waals surface area contributed by atoms with Crippen LogP contribution in [0.1, 0.15) is 48.0 Å². The third kappa shape index (κ3) is 2.78. The highest BCUT2D eigenvalue weighted by Crippen LogP contribution is 2.39. The van der Waals surface area contributed by atoms with Crippen molar-refractivity contribution in [1.29, 1.82) is 0 Å². The number of carbonyl (C=O) groups is 1. The number of hydrogen-bond acceptors (Lipinski definition) is 2. The highest BCUT2D eigenvalue weighted by molar-refractivity contribution is 5.99. The molecule has 2 heterocycles. The average Bonchev–Trinajstić information content (AvgIpc) is 2.45. The van der Waals surface area contributed by atoms with Crippen molar-refractivity contribution >= 4 is 5.78 Å². The van der Waals surface area contributed by atoms with Crippen LogP contribution in [0.2, 0.25) is 0 Å². The fourth-order valence-electron chi connectivity index (χ4n) is 3.99. The van der Waals surface area contributed by atoms with E-state index < -0.39 is 11.7 Å². The van der Waals surface area contributed by atoms with Crippen LogP contribution in [-0.4, -0.2) is 29.8 Å². The smallest absolute Gasteiger partial charge is 0.300 e. The summed E-state index contributed by atoms with van der Waals surface area (Å²) in [6, 6.07) is 5.84. The van der Waals surface area contributed by atoms with Crippen molar-refractivity contribution in [1.82, 2.24) is 4.90 Å². The second kappa shape index (κ2) is 5.69. The van der Waals surface area contributed by atoms with Gasteiger partial charge >= 0.3 is 6.18 Å². The van der Waals surface area contributed by atoms with Crippen molar-refractivity contribution in [2.45, 2.75) is 50.4 Å². The van der Waals surface area contributed by atoms with Gasteiger partial charge in [-0.1, -0.05) is 24.6 Å². The minimum atomic E-state index is -4.48. The summed E-state index contributed by atoms with van der Waals surface area (Å²) in [6.07, 6.45) is 0.110. The average molecular weight is 311 g/mol. The Labute approximate surface area is 128 Å². The molecule has 3 rings (SSSR count). The Kier molecular flexibility index (Phi) is 4.02. The number of fused-ring (bicyclic) bond motifs is 2. The topological polar surface area (TPSA) is 20.3 Å². The monoisotopic (exact) mass is 311 g/mol. The first kappa shape index (κ1) is 15.5. The van der Waals surface area contributed by atoms with Gasteiger partial charge in [0, 0.05) is 23.6 Å². The molecule has 2 aliphatic rings. The summed E-state index contributed by atoms with van der Waals surface area (Å²) < 4.78 is 39.3. The Morgan fingerprint density at radius 3 is 2.32 bits per heavy atom. The molecule has 0 spiro atoms. The summed E-state index contributed by atoms with van der Waals surface area (Å²) in [5.74, 6) is -0.618. The first-order valence-electron chi connectivity index (χ1n) is 7.80. The predicted octanol–water partition coefficient (Wildman–Crippen LogP) is 4.15. The lowest BCUT2D eigenvalue weighted by molar-refractivity contribution is -0.138. The minimum absolute atomic E-state index is 0.164. The maximum atomic E-state index is 13.1. The molecule has 2 unspecified atom stereocenters. The molecule has 0 N–H and O–H groups in total. The van der Waals surface area contributed by atoms with Gasteiger partial charge in [0.2, 0.25) is 0 Å². The molecule has 0 radical (unpaired) electrons. The number of hydrogen-bond donors (Lipinski definition) is 0. The number of benzene rings is 1. The first-order chi connectivity index (χ1) is 10.4. The quantitative estimate of drug-likeness (QED) is 0.765. The maximum Gasteiger partial charge on any atom is 0.417 e. The number of halogens is 3. The second-order valence-corrected chi connectivity index (χ2v) is 6.48. The van der Waals surface area contributed by atoms with Crippen LogP contribution in [0, 0.1) is 5.92 Å². The van der Waals surface area contributed by atoms with E-state index in [2.05, 4.69) is 11.9 Å². The first-order valence-corrected chi connectivity index (χ1v) is 7.80. The van der Waals surface area contributed by atoms with Crippen LogP contribution in [0.3, 0.4) is 0 Å². The van der Waals surface area contributed by atoms with Crippen LogP contribution < -0.4 is 0 Å². The van der Waals surface area contributed by atoms with Gasteiger partial charge in [0.1, 0.15) is 0 Å². The van der Waals surface area contributed by atoms with Crippen molar-refractivity contribution in [3.05, 3.63) is 35.4 Å². The standard InChI is InChI=1S/C17H20F3NO/c1-21-12-5-4-6-13(21)10-11(9-12)16(22)14-7-2-3-8-15(14)17(18,19)20/h2-3,7-8,11-13H,4-6,9-10H2,1H3. The lowest BCUT2D eigenvalue weighted by atomic mass is 9.75. The summed E-state index contributed by atoms with van der Waals surface area (Å²) >= 11 is 0. The molecule has 0 aliphatic carbocycles. The fourth-order valence-corrected chi connectivity index (χ4v) is 3.99. The van der Waals surface area contributed by atoms with Gasteiger partial charge in [-0.05, 0) is 38.8 Å². The zero-order chi connectivity index (χ0) is 15.9. The molecule has 1 aromatic rings. The Morgan fingerprint density at radius 2 is 1.73 bits per heavy atom. The Hall–Kier alpha value is -1.36. The number of ketones is 1. The Balaban J connectivity index is 1.86. The summed E-state index contributed by atoms with van der Waals surface area (Å²) in [5, 5.41) is 0. The van der Waals surface area contributed by atoms with E-state index in [4.69, 9.17) is 0 Å². The summed E-state index contributed by atoms with van der Waals surface area (Å²) in [6.45, 7) is 0. The largest absolute Gasteiger partial charge is 0.417 e. The molecule has 120 valence electrons. The second-order valence-electron chi connectivity index (χ2n) is 6.48. The van der Waals surface area contributed by atoms with Crippen LogP contribution in [0.5, 0.6) is 0 Å². The number of alkyl halides is 3. The van der Waals surface area contributed by atoms with E-state index in [-0.39, 0.29) is 17.3 Å². The highest BCUT2D eigenvalue weighted by Gasteiger charge is 2.41. The van der Waals surface area contributed by atoms with Gasteiger partial charge in [-0.15, -0.1) is 0 Å². The number of nitrogens with zero attached hydrogens (tertiary/aromatic N) is 1. The van der Waals surface area contributed by atoms with Crippen molar-refractivity contribution < 1.29 is 18.0 Å². The van der Waals surface area contributed by atoms with E-state index in [0.717, 1.165) is 25.3 Å². The molecule has 2 nitrogen and oxygen atoms in total. The molecule has 2 aliphatic heterocycles. The molecule has 5 heteroatoms. The summed E-state index contributed by atoms with van der Waals surface area (Å²) in [4.78, 5) is 15.0. The van der Waals surface area contributed by atoms with E-state index in [1.165, 1.54) is 18.2 Å². The molecule has 2 saturated heterocycles. The van der Waals surface area contributed by atoms with Gasteiger partial charge in [-0.2, -0.15) is 13.2 Å². The van der Waals surface area contributed by atoms with E-state index in [1.807, 2.05) is 0 Å². The Bertz CT molecular complexity index is 555. The van der Waals surface area contributed by atoms with Gasteiger partial charge in [0.05, 0.1) is 5.56 Å². The third-order valence-electron chi connectivity index (χ3n) is 5.21. The SMILES string of the molecule is CN1C2CCCC1CC(C(=O)c1ccccc1C(F)(F)F)C2. The zero-order valence-corrected chi connectivity index (χ0v) is 12.6. The highest BCUT2D eigenvalue weighted by atomic mass is 19.4. The predicted molar refractivity (Wildman–Crippen MR) is 77.7 cm³/mol. The van der Waals surface area contributed by atoms with Crippen LogP contribution >= 0.6 is 0 Å². The lowest BCUT2D eigenvalue weighted by Crippen LogP contribution is -2.51. The molecule has 0 amide bonds. The maximum absolute atomic E-state index is 13.1. The van der Waals surface area contributed by atoms with Gasteiger partial charge in [0.25, 0.3) is 0 Å². The van der Waals surface area contributed by atoms with E-state index in [0.29, 0.717) is 24.9 Å². The molecular weight excluding hydrogens is 291 g/mol. The molecule has 2 fully saturated rings. The normalized spacial score (nSPS) is 29.4. The number of Topliss-reactive ketones (excluding diaryl/α,β-unsaturated/α-hetero) is 1. The fraction of sp³-hybridized carbons (Fsp3) is 0.588. The molecule has 0 saturated carbocycles. The number of carbonyl (C=O) groups excluding carboxylic acids is 1. The van der Waals surface area contributed by atoms with E-state index >= 15 is 0 Å². The van der Waals surface area contributed by atoms with Crippen LogP contribution in [-0.2, 0) is 6.18 Å². The lowest BCUT2D eigenvalue weighted by Gasteiger charge is -2.46. The van der Waals surface area contributed by atoms with Crippen molar-refractivity contribution in [3.63, 3.8) is 0 Å². The number of piperidine rings is 2. The van der Waals surface area contributed by atoms with Crippen LogP contribution in [0.25, 0.3) is 0 Å². The number of rotatable bonds is 2. The third-order valence-corrected chi connectivity index (χ3v) is 5.21. The van der Waals surface area contributed by atoms with Gasteiger partial charge in [-0.25, -0.2) is 0 Å². The summed E-state index contributed by atoms with van der Waals surface area (Å²) in [5.41, 5.74) is -0.966. The van der Waals surface area contributed by atoms with Gasteiger partial charge < -0.3 is 4.90 Å². The van der Waals surface area contributed by atoms with Crippen molar-refractivity contribution in [2.24, 2.45) is 5.92 Å². The van der Waals surface area contributed by atoms with E-state index in [1.54, 1.807) is 0 Å². The molecule has 2 atom stereocenters. The van der Waals surface area contributed by atoms with Gasteiger partial charge in [-0.3, -0.25) is 4.79 Å². The minimum Gasteiger partial charge on any atom is -0.300 e. The van der Waals surface area contributed by atoms with E-state index in [9.17, 15) is 18.0 Å². The van der Waals surface area contributed by atoms with Crippen molar-refractivity contribution in [3.8, 4) is 0 Å². The van der Waals surface area contributed by atoms with Gasteiger partial charge in [0.15, 0.2) is 5.78 Å². The van der Waals surface area contributed by atoms with Crippen LogP contribution in [0.4, 0.5) is 13.2 Å². The molecule has 22 heavy (non-hydrogen) atoms. The van der Waals surface area contributed by atoms with Crippen LogP contribution in [0.15, 0.2) is 24.3 Å². The molecular formula is C17H20F3NO. The molecule has 0 aromatic heterocycles. The van der Waals surface area contributed by atoms with Crippen molar-refractivity contribution in [2.75, 3.05) is 7.05 Å². The molecule has 1 aromatic carbocycles. The zero-order valence-electron chi connectivity index (χ0n) is 12.6.